The van der Waals surface area contributed by atoms with E-state index >= 15 is 0 Å². The Morgan fingerprint density at radius 2 is 2.05 bits per heavy atom. The summed E-state index contributed by atoms with van der Waals surface area (Å²) in [6.07, 6.45) is 1.55. The van der Waals surface area contributed by atoms with E-state index in [1.165, 1.54) is 18.2 Å². The minimum atomic E-state index is -1.15. The van der Waals surface area contributed by atoms with Gasteiger partial charge in [-0.05, 0) is 18.6 Å². The molecule has 0 saturated carbocycles. The van der Waals surface area contributed by atoms with Crippen molar-refractivity contribution in [3.05, 3.63) is 45.7 Å². The first-order valence-electron chi connectivity index (χ1n) is 6.52. The fourth-order valence-corrected chi connectivity index (χ4v) is 2.48. The Kier molecular flexibility index (Phi) is 4.99. The molecule has 2 N–H and O–H groups in total. The average molecular weight is 305 g/mol. The van der Waals surface area contributed by atoms with Crippen molar-refractivity contribution < 1.29 is 14.7 Å². The van der Waals surface area contributed by atoms with E-state index in [4.69, 9.17) is 5.11 Å². The predicted molar refractivity (Wildman–Crippen MR) is 78.7 cm³/mol. The maximum Gasteiger partial charge on any atom is 0.354 e. The van der Waals surface area contributed by atoms with Gasteiger partial charge >= 0.3 is 5.97 Å². The number of carboxylic acid groups (broad SMARTS) is 1. The minimum Gasteiger partial charge on any atom is -0.477 e. The zero-order chi connectivity index (χ0) is 15.2. The predicted octanol–water partition coefficient (Wildman–Crippen LogP) is 1.77. The van der Waals surface area contributed by atoms with Gasteiger partial charge in [0, 0.05) is 18.3 Å². The summed E-state index contributed by atoms with van der Waals surface area (Å²) in [6.45, 7) is 2.48. The van der Waals surface area contributed by atoms with E-state index in [0.29, 0.717) is 13.0 Å². The van der Waals surface area contributed by atoms with Crippen LogP contribution < -0.4 is 5.32 Å². The lowest BCUT2D eigenvalue weighted by Gasteiger charge is -2.04. The number of hydrogen-bond acceptors (Lipinski definition) is 5. The van der Waals surface area contributed by atoms with Crippen LogP contribution >= 0.6 is 11.3 Å². The lowest BCUT2D eigenvalue weighted by atomic mass is 10.2. The van der Waals surface area contributed by atoms with E-state index in [0.717, 1.165) is 17.1 Å². The summed E-state index contributed by atoms with van der Waals surface area (Å²) < 4.78 is 0. The molecular weight excluding hydrogens is 290 g/mol. The lowest BCUT2D eigenvalue weighted by molar-refractivity contribution is 0.0690. The van der Waals surface area contributed by atoms with Gasteiger partial charge in [0.2, 0.25) is 0 Å². The second-order valence-corrected chi connectivity index (χ2v) is 5.25. The number of pyridine rings is 1. The van der Waals surface area contributed by atoms with Gasteiger partial charge in [0.1, 0.15) is 11.4 Å². The molecular formula is C14H15N3O3S. The van der Waals surface area contributed by atoms with Crippen LogP contribution in [0.2, 0.25) is 0 Å². The number of hydrogen-bond donors (Lipinski definition) is 2. The fourth-order valence-electron chi connectivity index (χ4n) is 1.70. The molecule has 0 bridgehead atoms. The molecule has 0 aliphatic rings. The Bertz CT molecular complexity index is 654. The van der Waals surface area contributed by atoms with Gasteiger partial charge in [-0.1, -0.05) is 13.0 Å². The smallest absolute Gasteiger partial charge is 0.354 e. The van der Waals surface area contributed by atoms with Crippen molar-refractivity contribution in [3.8, 4) is 0 Å². The molecule has 0 saturated heterocycles. The topological polar surface area (TPSA) is 92.2 Å². The Morgan fingerprint density at radius 3 is 2.71 bits per heavy atom. The number of amides is 1. The van der Waals surface area contributed by atoms with Crippen molar-refractivity contribution >= 4 is 23.2 Å². The Morgan fingerprint density at radius 1 is 1.29 bits per heavy atom. The molecule has 21 heavy (non-hydrogen) atoms. The summed E-state index contributed by atoms with van der Waals surface area (Å²) >= 11 is 1.61. The van der Waals surface area contributed by atoms with E-state index in [1.54, 1.807) is 11.3 Å². The Hall–Kier alpha value is -2.28. The van der Waals surface area contributed by atoms with Crippen LogP contribution in [0.5, 0.6) is 0 Å². The summed E-state index contributed by atoms with van der Waals surface area (Å²) in [5.41, 5.74) is 0.904. The summed E-state index contributed by atoms with van der Waals surface area (Å²) in [4.78, 5) is 30.9. The molecule has 2 aromatic heterocycles. The number of aromatic nitrogens is 2. The highest BCUT2D eigenvalue weighted by Gasteiger charge is 2.11. The molecule has 2 aromatic rings. The van der Waals surface area contributed by atoms with E-state index in [1.807, 2.05) is 12.3 Å². The largest absolute Gasteiger partial charge is 0.477 e. The van der Waals surface area contributed by atoms with Gasteiger partial charge in [-0.3, -0.25) is 4.79 Å². The third-order valence-corrected chi connectivity index (χ3v) is 3.81. The van der Waals surface area contributed by atoms with Gasteiger partial charge in [-0.15, -0.1) is 11.3 Å². The highest BCUT2D eigenvalue weighted by Crippen LogP contribution is 2.10. The Balaban J connectivity index is 1.89. The highest BCUT2D eigenvalue weighted by molar-refractivity contribution is 7.09. The summed E-state index contributed by atoms with van der Waals surface area (Å²) in [7, 11) is 0. The number of aromatic carboxylic acids is 1. The molecule has 0 unspecified atom stereocenters. The van der Waals surface area contributed by atoms with Crippen LogP contribution in [-0.2, 0) is 12.8 Å². The van der Waals surface area contributed by atoms with Crippen molar-refractivity contribution in [2.45, 2.75) is 19.8 Å². The van der Waals surface area contributed by atoms with Crippen molar-refractivity contribution in [2.75, 3.05) is 6.54 Å². The van der Waals surface area contributed by atoms with Gasteiger partial charge in [0.25, 0.3) is 5.91 Å². The van der Waals surface area contributed by atoms with Crippen molar-refractivity contribution in [3.63, 3.8) is 0 Å². The summed E-state index contributed by atoms with van der Waals surface area (Å²) in [5.74, 6) is -1.54. The first-order valence-corrected chi connectivity index (χ1v) is 7.40. The molecule has 2 heterocycles. The first-order chi connectivity index (χ1) is 10.1. The molecule has 110 valence electrons. The van der Waals surface area contributed by atoms with Gasteiger partial charge < -0.3 is 10.4 Å². The van der Waals surface area contributed by atoms with Gasteiger partial charge in [0.05, 0.1) is 10.7 Å². The fraction of sp³-hybridized carbons (Fsp3) is 0.286. The van der Waals surface area contributed by atoms with E-state index < -0.39 is 5.97 Å². The monoisotopic (exact) mass is 305 g/mol. The molecule has 2 rings (SSSR count). The molecule has 6 nitrogen and oxygen atoms in total. The number of thiazole rings is 1. The number of carboxylic acids is 1. The van der Waals surface area contributed by atoms with E-state index in [9.17, 15) is 9.59 Å². The third kappa shape index (κ3) is 4.09. The second-order valence-electron chi connectivity index (χ2n) is 4.31. The maximum atomic E-state index is 11.9. The average Bonchev–Trinajstić information content (AvgIpc) is 2.95. The first kappa shape index (κ1) is 15.1. The van der Waals surface area contributed by atoms with Gasteiger partial charge in [-0.2, -0.15) is 0 Å². The quantitative estimate of drug-likeness (QED) is 0.848. The van der Waals surface area contributed by atoms with Crippen LogP contribution in [-0.4, -0.2) is 33.5 Å². The van der Waals surface area contributed by atoms with Gasteiger partial charge in [-0.25, -0.2) is 14.8 Å². The van der Waals surface area contributed by atoms with Crippen molar-refractivity contribution in [1.29, 1.82) is 0 Å². The molecule has 0 aromatic carbocycles. The highest BCUT2D eigenvalue weighted by atomic mass is 32.1. The molecule has 0 aliphatic carbocycles. The van der Waals surface area contributed by atoms with Gasteiger partial charge in [0.15, 0.2) is 0 Å². The van der Waals surface area contributed by atoms with E-state index in [-0.39, 0.29) is 17.3 Å². The molecule has 0 fully saturated rings. The van der Waals surface area contributed by atoms with Crippen LogP contribution in [0.25, 0.3) is 0 Å². The number of rotatable bonds is 6. The second kappa shape index (κ2) is 6.94. The zero-order valence-corrected chi connectivity index (χ0v) is 12.3. The summed E-state index contributed by atoms with van der Waals surface area (Å²) in [6, 6.07) is 4.33. The Labute approximate surface area is 125 Å². The van der Waals surface area contributed by atoms with Crippen LogP contribution in [0.1, 0.15) is 38.6 Å². The standard InChI is InChI=1S/C14H15N3O3S/c1-2-12-16-9(8-21-12)6-7-15-13(18)10-4-3-5-11(17-10)14(19)20/h3-5,8H,2,6-7H2,1H3,(H,15,18)(H,19,20). The molecule has 0 aliphatic heterocycles. The number of carbonyl (C=O) groups excluding carboxylic acids is 1. The van der Waals surface area contributed by atoms with Crippen LogP contribution in [0.3, 0.4) is 0 Å². The molecule has 7 heteroatoms. The van der Waals surface area contributed by atoms with Crippen LogP contribution in [0.4, 0.5) is 0 Å². The van der Waals surface area contributed by atoms with Crippen LogP contribution in [0.15, 0.2) is 23.6 Å². The number of aryl methyl sites for hydroxylation is 1. The number of carbonyl (C=O) groups is 2. The zero-order valence-electron chi connectivity index (χ0n) is 11.5. The van der Waals surface area contributed by atoms with Crippen molar-refractivity contribution in [1.82, 2.24) is 15.3 Å². The third-order valence-electron chi connectivity index (χ3n) is 2.77. The molecule has 0 radical (unpaired) electrons. The SMILES string of the molecule is CCc1nc(CCNC(=O)c2cccc(C(=O)O)n2)cs1. The number of nitrogens with zero attached hydrogens (tertiary/aromatic N) is 2. The molecule has 0 atom stereocenters. The number of nitrogens with one attached hydrogen (secondary N) is 1. The van der Waals surface area contributed by atoms with E-state index in [2.05, 4.69) is 15.3 Å². The summed E-state index contributed by atoms with van der Waals surface area (Å²) in [5, 5.41) is 14.6. The lowest BCUT2D eigenvalue weighted by Crippen LogP contribution is -2.27. The molecule has 1 amide bonds. The normalized spacial score (nSPS) is 10.3. The molecule has 0 spiro atoms. The minimum absolute atomic E-state index is 0.0995. The van der Waals surface area contributed by atoms with Crippen LogP contribution in [0, 0.1) is 0 Å². The maximum absolute atomic E-state index is 11.9. The van der Waals surface area contributed by atoms with Crippen molar-refractivity contribution in [2.24, 2.45) is 0 Å².